The third-order valence-corrected chi connectivity index (χ3v) is 26.9. The Morgan fingerprint density at radius 1 is 0.309 bits per heavy atom. The number of hydrogen-bond donors (Lipinski definition) is 0. The maximum absolute atomic E-state index is 15.9. The van der Waals surface area contributed by atoms with Gasteiger partial charge in [-0.3, -0.25) is 78.4 Å². The first-order valence-corrected chi connectivity index (χ1v) is 40.3. The Hall–Kier alpha value is -3.05. The molecule has 16 amide bonds. The molecule has 17 rings (SSSR count). The summed E-state index contributed by atoms with van der Waals surface area (Å²) < 4.78 is 165. The molecule has 13 aliphatic heterocycles. The van der Waals surface area contributed by atoms with E-state index < -0.39 is 199 Å². The van der Waals surface area contributed by atoms with Gasteiger partial charge in [-0.25, -0.2) is 72.0 Å². The van der Waals surface area contributed by atoms with Gasteiger partial charge in [-0.2, -0.15) is 0 Å². The van der Waals surface area contributed by atoms with E-state index in [2.05, 4.69) is 0 Å². The Morgan fingerprint density at radius 2 is 0.500 bits per heavy atom. The van der Waals surface area contributed by atoms with Gasteiger partial charge < -0.3 is 37.2 Å². The van der Waals surface area contributed by atoms with E-state index in [9.17, 15) is 51.9 Å². The van der Waals surface area contributed by atoms with Gasteiger partial charge in [0.1, 0.15) is 63.0 Å². The number of ether oxygens (including phenoxy) is 4. The number of benzene rings is 4. The van der Waals surface area contributed by atoms with Crippen molar-refractivity contribution in [2.24, 2.45) is 0 Å². The van der Waals surface area contributed by atoms with E-state index >= 15 is 38.4 Å². The zero-order valence-corrected chi connectivity index (χ0v) is 76.8. The van der Waals surface area contributed by atoms with Gasteiger partial charge in [0.25, 0.3) is 0 Å². The predicted molar refractivity (Wildman–Crippen MR) is 352 cm³/mol. The van der Waals surface area contributed by atoms with Crippen LogP contribution in [0.4, 0.5) is 38.4 Å². The van der Waals surface area contributed by atoms with Crippen molar-refractivity contribution in [2.75, 3.05) is 89.5 Å². The summed E-state index contributed by atoms with van der Waals surface area (Å²) >= 11 is 0. The first-order valence-electron chi connectivity index (χ1n) is 34.0. The number of rotatable bonds is 20. The molecule has 11 saturated heterocycles. The number of amides is 16. The van der Waals surface area contributed by atoms with Crippen LogP contribution in [0, 0.1) is 0 Å². The minimum atomic E-state index is -4.66. The second-order valence-electron chi connectivity index (χ2n) is 28.9. The Kier molecular flexibility index (Phi) is 22.7. The fraction of sp³-hybridized carbons (Fsp3) is 0.548. The van der Waals surface area contributed by atoms with Gasteiger partial charge in [0.05, 0.1) is 93.1 Å². The molecule has 13 aliphatic rings. The van der Waals surface area contributed by atoms with Gasteiger partial charge in [0, 0.05) is 45.3 Å². The molecule has 4 aromatic rings. The zero-order valence-electron chi connectivity index (χ0n) is 61.1. The molecule has 48 heteroatoms. The normalized spacial score (nSPS) is 27.3. The molecular formula is C62H68K4N16O24S4. The smallest absolute Gasteiger partial charge is 0.748 e. The zero-order chi connectivity index (χ0) is 75.1. The van der Waals surface area contributed by atoms with Crippen LogP contribution in [0.25, 0.3) is 21.5 Å². The van der Waals surface area contributed by atoms with Crippen LogP contribution in [0.2, 0.25) is 0 Å². The summed E-state index contributed by atoms with van der Waals surface area (Å²) in [5, 5.41) is 1.95. The molecule has 0 radical (unpaired) electrons. The summed E-state index contributed by atoms with van der Waals surface area (Å²) in [4.78, 5) is 148. The van der Waals surface area contributed by atoms with Crippen LogP contribution >= 0.6 is 0 Å². The molecule has 0 aliphatic carbocycles. The van der Waals surface area contributed by atoms with Crippen LogP contribution in [0.3, 0.4) is 0 Å². The van der Waals surface area contributed by atoms with Crippen LogP contribution < -0.4 is 224 Å². The van der Waals surface area contributed by atoms with E-state index in [-0.39, 0.29) is 307 Å². The van der Waals surface area contributed by atoms with Crippen LogP contribution in [0.5, 0.6) is 23.0 Å². The molecule has 0 saturated carbocycles. The van der Waals surface area contributed by atoms with Crippen LogP contribution in [-0.4, -0.2) is 315 Å². The van der Waals surface area contributed by atoms with Gasteiger partial charge in [-0.15, -0.1) is 0 Å². The topological polar surface area (TPSA) is 454 Å². The third-order valence-electron chi connectivity index (χ3n) is 23.8. The third kappa shape index (κ3) is 12.7. The molecule has 11 fully saturated rings. The number of nitrogens with zero attached hydrogens (tertiary/aromatic N) is 16. The largest absolute Gasteiger partial charge is 1.00 e. The van der Waals surface area contributed by atoms with Crippen molar-refractivity contribution in [1.82, 2.24) is 78.4 Å². The van der Waals surface area contributed by atoms with Gasteiger partial charge >= 0.3 is 254 Å². The quantitative estimate of drug-likeness (QED) is 0.0450. The van der Waals surface area contributed by atoms with E-state index in [1.165, 1.54) is 78.4 Å². The van der Waals surface area contributed by atoms with E-state index in [0.717, 1.165) is 0 Å². The summed E-state index contributed by atoms with van der Waals surface area (Å²) in [5.41, 5.74) is -5.68. The molecule has 0 spiro atoms. The first kappa shape index (κ1) is 84.8. The molecule has 110 heavy (non-hydrogen) atoms. The maximum atomic E-state index is 15.9. The van der Waals surface area contributed by atoms with E-state index in [4.69, 9.17) is 18.9 Å². The van der Waals surface area contributed by atoms with Gasteiger partial charge in [-0.1, -0.05) is 24.3 Å². The predicted octanol–water partition coefficient (Wildman–Crippen LogP) is -11.2. The Balaban J connectivity index is 0.00000266. The Bertz CT molecular complexity index is 4570. The molecule has 0 N–H and O–H groups in total. The van der Waals surface area contributed by atoms with Crippen LogP contribution in [0.1, 0.15) is 75.6 Å². The molecule has 4 aromatic carbocycles. The number of hydrogen-bond acceptors (Lipinski definition) is 24. The monoisotopic (exact) mass is 1700 g/mol. The molecule has 0 aromatic heterocycles. The summed E-state index contributed by atoms with van der Waals surface area (Å²) in [6.45, 7) is 0.528. The van der Waals surface area contributed by atoms with E-state index in [0.29, 0.717) is 43.8 Å². The molecule has 568 valence electrons. The van der Waals surface area contributed by atoms with Crippen LogP contribution in [0.15, 0.2) is 48.5 Å². The number of carbonyl (C=O) groups is 8. The van der Waals surface area contributed by atoms with Crippen molar-refractivity contribution in [1.29, 1.82) is 0 Å². The van der Waals surface area contributed by atoms with Crippen molar-refractivity contribution >= 4 is 110 Å². The van der Waals surface area contributed by atoms with E-state index in [1.807, 2.05) is 0 Å². The van der Waals surface area contributed by atoms with Crippen molar-refractivity contribution in [2.45, 2.75) is 127 Å². The van der Waals surface area contributed by atoms with Gasteiger partial charge in [-0.05, 0) is 99.2 Å². The SMILES string of the molecule is CC12N3Cc4c(OCCCS(=O)(=O)[O-])ccc5ccc(OCCCS(=O)(=O)[O-])c(c45)CN1C(=O)N1CN4C(=O)N5CN6C(=O)N7CN8C(=O)N9Cc%10c(OCCCS(=O)(=O)[O-])ccc%11ccc(OCCCS(=O)(=O)[O-])c(c%10%11)CN%10C(=O)N(CN%11C(=O)N(CN%12C(=O)N(CN(C3=O)C12C)C4C%125)C6C%117)C8(C)C%109C.[K+].[K+].[K+].[K+]. The standard InChI is InChI=1S/C62H72N16O24S4.4K/c1-59-61(3)75-31-67-49-47-63(51(67)79)29-65-48-50-69(53(65)81)33-77-57(85)73-27-39-43(101-19-7-23-105(93,94)95)15-11-36-12-16-44(102-20-8-24-106(96,97)98)40(46(36)39)28-74-58(86)78(62(77,4)60(73,74)2)34-70(50)54(82)66(48)30-64(47)52(80)68(49)32-76(61)56(84)72(59)26-38-42(100-18-6-22-104(90,91)92)14-10-35-9-13-41(99-17-5-21-103(87,88)89)37(45(35)38)25-71(59)55(75)83;;;;/h9-16,47-50H,5-8,17-34H2,1-4H3,(H,87,88,89)(H,90,91,92)(H,93,94,95)(H,96,97,98);;;;/q;4*+1/p-4. The van der Waals surface area contributed by atoms with Crippen molar-refractivity contribution in [3.63, 3.8) is 0 Å². The fourth-order valence-corrected chi connectivity index (χ4v) is 20.4. The average Bonchev–Trinajstić information content (AvgIpc) is 1.49. The second kappa shape index (κ2) is 29.5. The molecular weight excluding hydrogens is 1640 g/mol. The maximum Gasteiger partial charge on any atom is 1.00 e. The van der Waals surface area contributed by atoms with Crippen LogP contribution in [-0.2, 0) is 66.7 Å². The molecule has 0 unspecified atom stereocenters. The van der Waals surface area contributed by atoms with Crippen molar-refractivity contribution < 1.29 is 315 Å². The summed E-state index contributed by atoms with van der Waals surface area (Å²) in [6.07, 6.45) is -6.20. The fourth-order valence-electron chi connectivity index (χ4n) is 18.5. The summed E-state index contributed by atoms with van der Waals surface area (Å²) in [5.74, 6) is -2.40. The first-order chi connectivity index (χ1) is 49.9. The second-order valence-corrected chi connectivity index (χ2v) is 35.0. The minimum Gasteiger partial charge on any atom is -0.748 e. The summed E-state index contributed by atoms with van der Waals surface area (Å²) in [7, 11) is -18.6. The number of urea groups is 8. The molecule has 40 nitrogen and oxygen atoms in total. The molecule has 0 bridgehead atoms. The average molecular weight is 1710 g/mol. The van der Waals surface area contributed by atoms with Gasteiger partial charge in [0.15, 0.2) is 47.3 Å². The molecule has 13 heterocycles. The van der Waals surface area contributed by atoms with Crippen molar-refractivity contribution in [3.8, 4) is 23.0 Å². The minimum absolute atomic E-state index is 0. The van der Waals surface area contributed by atoms with E-state index in [1.54, 1.807) is 76.2 Å². The summed E-state index contributed by atoms with van der Waals surface area (Å²) in [6, 6.07) is 7.17. The van der Waals surface area contributed by atoms with Gasteiger partial charge in [0.2, 0.25) is 0 Å². The Morgan fingerprint density at radius 3 is 0.700 bits per heavy atom. The molecule has 0 atom stereocenters. The Labute approximate surface area is 800 Å². The number of carbonyl (C=O) groups excluding carboxylic acids is 8. The van der Waals surface area contributed by atoms with Crippen molar-refractivity contribution in [3.05, 3.63) is 70.8 Å².